The van der Waals surface area contributed by atoms with Crippen molar-refractivity contribution < 1.29 is 9.53 Å². The van der Waals surface area contributed by atoms with Crippen LogP contribution in [0.25, 0.3) is 11.1 Å². The Kier molecular flexibility index (Phi) is 5.34. The normalized spacial score (nSPS) is 12.2. The summed E-state index contributed by atoms with van der Waals surface area (Å²) in [5.74, 6) is 0.881. The van der Waals surface area contributed by atoms with Crippen molar-refractivity contribution in [1.29, 1.82) is 0 Å². The summed E-state index contributed by atoms with van der Waals surface area (Å²) in [6.45, 7) is 9.66. The van der Waals surface area contributed by atoms with E-state index in [0.29, 0.717) is 12.6 Å². The molecule has 1 aliphatic carbocycles. The molecule has 2 aromatic carbocycles. The molecule has 0 bridgehead atoms. The first-order valence-corrected chi connectivity index (χ1v) is 8.90. The number of carbonyl (C=O) groups excluding carboxylic acids is 1. The third-order valence-corrected chi connectivity index (χ3v) is 4.40. The lowest BCUT2D eigenvalue weighted by molar-refractivity contribution is 0.104. The molecule has 0 radical (unpaired) electrons. The smallest absolute Gasteiger partial charge is 0.194 e. The molecule has 3 nitrogen and oxygen atoms in total. The monoisotopic (exact) mass is 335 g/mol. The third-order valence-electron chi connectivity index (χ3n) is 4.40. The topological polar surface area (TPSA) is 38.3 Å². The minimum absolute atomic E-state index is 0.0853. The molecule has 25 heavy (non-hydrogen) atoms. The average molecular weight is 335 g/mol. The molecule has 0 saturated carbocycles. The molecule has 0 aliphatic heterocycles. The van der Waals surface area contributed by atoms with Crippen molar-refractivity contribution in [3.8, 4) is 16.9 Å². The maximum Gasteiger partial charge on any atom is 0.194 e. The first-order chi connectivity index (χ1) is 12.1. The fourth-order valence-electron chi connectivity index (χ4n) is 3.19. The molecule has 3 heteroatoms. The largest absolute Gasteiger partial charge is 0.493 e. The predicted molar refractivity (Wildman–Crippen MR) is 102 cm³/mol. The second kappa shape index (κ2) is 7.66. The fraction of sp³-hybridized carbons (Fsp3) is 0.318. The molecule has 0 spiro atoms. The van der Waals surface area contributed by atoms with Crippen molar-refractivity contribution in [3.05, 3.63) is 65.7 Å². The highest BCUT2D eigenvalue weighted by Gasteiger charge is 2.27. The zero-order valence-electron chi connectivity index (χ0n) is 15.0. The zero-order chi connectivity index (χ0) is 17.8. The summed E-state index contributed by atoms with van der Waals surface area (Å²) in [6.07, 6.45) is 3.53. The highest BCUT2D eigenvalue weighted by atomic mass is 16.5. The number of allylic oxidation sites excluding steroid dienone is 1. The van der Waals surface area contributed by atoms with Gasteiger partial charge in [-0.15, -0.1) is 6.58 Å². The van der Waals surface area contributed by atoms with Gasteiger partial charge in [0.2, 0.25) is 0 Å². The molecule has 0 aromatic heterocycles. The van der Waals surface area contributed by atoms with Gasteiger partial charge in [-0.1, -0.05) is 44.2 Å². The number of hydrogen-bond donors (Lipinski definition) is 1. The van der Waals surface area contributed by atoms with E-state index in [2.05, 4.69) is 31.8 Å². The first kappa shape index (κ1) is 17.4. The number of nitrogens with one attached hydrogen (secondary N) is 1. The van der Waals surface area contributed by atoms with E-state index in [-0.39, 0.29) is 5.78 Å². The van der Waals surface area contributed by atoms with E-state index in [0.717, 1.165) is 53.0 Å². The second-order valence-corrected chi connectivity index (χ2v) is 6.68. The van der Waals surface area contributed by atoms with E-state index in [1.165, 1.54) is 0 Å². The van der Waals surface area contributed by atoms with E-state index in [4.69, 9.17) is 4.74 Å². The number of rotatable bonds is 8. The van der Waals surface area contributed by atoms with Gasteiger partial charge >= 0.3 is 0 Å². The molecule has 1 aliphatic rings. The SMILES string of the molecule is C=CCc1cc2c(cc1OCCCNC(C)C)C(=O)c1ccccc1-2. The number of carbonyl (C=O) groups is 1. The van der Waals surface area contributed by atoms with Gasteiger partial charge in [-0.2, -0.15) is 0 Å². The van der Waals surface area contributed by atoms with Crippen LogP contribution in [-0.4, -0.2) is 25.0 Å². The van der Waals surface area contributed by atoms with Crippen LogP contribution in [-0.2, 0) is 6.42 Å². The van der Waals surface area contributed by atoms with E-state index >= 15 is 0 Å². The Morgan fingerprint density at radius 2 is 1.88 bits per heavy atom. The van der Waals surface area contributed by atoms with Crippen LogP contribution in [0.1, 0.15) is 41.8 Å². The third kappa shape index (κ3) is 3.67. The van der Waals surface area contributed by atoms with Crippen molar-refractivity contribution in [2.75, 3.05) is 13.2 Å². The van der Waals surface area contributed by atoms with Crippen molar-refractivity contribution in [2.45, 2.75) is 32.7 Å². The average Bonchev–Trinajstić information content (AvgIpc) is 2.87. The molecule has 0 heterocycles. The molecule has 0 fully saturated rings. The summed E-state index contributed by atoms with van der Waals surface area (Å²) in [4.78, 5) is 12.7. The standard InChI is InChI=1S/C22H25NO2/c1-4-8-16-13-19-17-9-5-6-10-18(17)22(24)20(19)14-21(16)25-12-7-11-23-15(2)3/h4-6,9-10,13-15,23H,1,7-8,11-12H2,2-3H3. The molecule has 130 valence electrons. The van der Waals surface area contributed by atoms with Crippen LogP contribution < -0.4 is 10.1 Å². The summed E-state index contributed by atoms with van der Waals surface area (Å²) in [5.41, 5.74) is 4.62. The molecular formula is C22H25NO2. The Hall–Kier alpha value is -2.39. The van der Waals surface area contributed by atoms with Crippen LogP contribution in [0, 0.1) is 0 Å². The summed E-state index contributed by atoms with van der Waals surface area (Å²) < 4.78 is 6.00. The number of ether oxygens (including phenoxy) is 1. The molecule has 3 rings (SSSR count). The Bertz CT molecular complexity index is 793. The molecule has 0 saturated heterocycles. The molecular weight excluding hydrogens is 310 g/mol. The minimum atomic E-state index is 0.0853. The predicted octanol–water partition coefficient (Wildman–Crippen LogP) is 4.39. The van der Waals surface area contributed by atoms with E-state index in [9.17, 15) is 4.79 Å². The van der Waals surface area contributed by atoms with Gasteiger partial charge in [0.25, 0.3) is 0 Å². The number of ketones is 1. The Labute approximate surface area is 149 Å². The summed E-state index contributed by atoms with van der Waals surface area (Å²) in [7, 11) is 0. The van der Waals surface area contributed by atoms with Gasteiger partial charge in [0.1, 0.15) is 5.75 Å². The quantitative estimate of drug-likeness (QED) is 0.490. The van der Waals surface area contributed by atoms with Crippen molar-refractivity contribution in [3.63, 3.8) is 0 Å². The Balaban J connectivity index is 1.83. The first-order valence-electron chi connectivity index (χ1n) is 8.90. The van der Waals surface area contributed by atoms with Crippen molar-refractivity contribution >= 4 is 5.78 Å². The summed E-state index contributed by atoms with van der Waals surface area (Å²) >= 11 is 0. The maximum absolute atomic E-state index is 12.7. The van der Waals surface area contributed by atoms with Gasteiger partial charge in [0.05, 0.1) is 6.61 Å². The molecule has 2 aromatic rings. The Morgan fingerprint density at radius 1 is 1.12 bits per heavy atom. The Morgan fingerprint density at radius 3 is 2.60 bits per heavy atom. The van der Waals surface area contributed by atoms with Crippen molar-refractivity contribution in [2.24, 2.45) is 0 Å². The van der Waals surface area contributed by atoms with Crippen LogP contribution in [0.3, 0.4) is 0 Å². The van der Waals surface area contributed by atoms with Crippen LogP contribution in [0.5, 0.6) is 5.75 Å². The lowest BCUT2D eigenvalue weighted by Crippen LogP contribution is -2.24. The van der Waals surface area contributed by atoms with Crippen molar-refractivity contribution in [1.82, 2.24) is 5.32 Å². The van der Waals surface area contributed by atoms with Gasteiger partial charge in [0, 0.05) is 17.2 Å². The van der Waals surface area contributed by atoms with Gasteiger partial charge in [-0.25, -0.2) is 0 Å². The van der Waals surface area contributed by atoms with E-state index in [1.54, 1.807) is 0 Å². The molecule has 1 N–H and O–H groups in total. The lowest BCUT2D eigenvalue weighted by atomic mass is 10.0. The van der Waals surface area contributed by atoms with Crippen LogP contribution >= 0.6 is 0 Å². The summed E-state index contributed by atoms with van der Waals surface area (Å²) in [6, 6.07) is 12.3. The second-order valence-electron chi connectivity index (χ2n) is 6.68. The molecule has 0 unspecified atom stereocenters. The lowest BCUT2D eigenvalue weighted by Gasteiger charge is -2.14. The number of hydrogen-bond acceptors (Lipinski definition) is 3. The van der Waals surface area contributed by atoms with Crippen LogP contribution in [0.4, 0.5) is 0 Å². The van der Waals surface area contributed by atoms with Gasteiger partial charge in [0.15, 0.2) is 5.78 Å². The fourth-order valence-corrected chi connectivity index (χ4v) is 3.19. The van der Waals surface area contributed by atoms with E-state index in [1.807, 2.05) is 36.4 Å². The minimum Gasteiger partial charge on any atom is -0.493 e. The molecule has 0 atom stereocenters. The number of benzene rings is 2. The van der Waals surface area contributed by atoms with Gasteiger partial charge in [-0.05, 0) is 48.2 Å². The highest BCUT2D eigenvalue weighted by molar-refractivity contribution is 6.21. The van der Waals surface area contributed by atoms with E-state index < -0.39 is 0 Å². The van der Waals surface area contributed by atoms with Crippen LogP contribution in [0.15, 0.2) is 49.1 Å². The summed E-state index contributed by atoms with van der Waals surface area (Å²) in [5, 5.41) is 3.38. The zero-order valence-corrected chi connectivity index (χ0v) is 15.0. The number of fused-ring (bicyclic) bond motifs is 3. The van der Waals surface area contributed by atoms with Crippen LogP contribution in [0.2, 0.25) is 0 Å². The highest BCUT2D eigenvalue weighted by Crippen LogP contribution is 2.40. The van der Waals surface area contributed by atoms with Gasteiger partial charge in [-0.3, -0.25) is 4.79 Å². The van der Waals surface area contributed by atoms with Gasteiger partial charge < -0.3 is 10.1 Å². The maximum atomic E-state index is 12.7. The molecule has 0 amide bonds.